The van der Waals surface area contributed by atoms with E-state index in [0.29, 0.717) is 18.2 Å². The van der Waals surface area contributed by atoms with Gasteiger partial charge in [-0.2, -0.15) is 61.5 Å². The Labute approximate surface area is 200 Å². The number of benzene rings is 1. The van der Waals surface area contributed by atoms with Crippen LogP contribution in [0.1, 0.15) is 18.9 Å². The first kappa shape index (κ1) is 31.7. The number of carbonyl (C=O) groups is 1. The highest BCUT2D eigenvalue weighted by atomic mass is 19.4. The van der Waals surface area contributed by atoms with Crippen LogP contribution in [0.5, 0.6) is 0 Å². The largest absolute Gasteiger partial charge is 0.393 e. The van der Waals surface area contributed by atoms with E-state index in [0.717, 1.165) is 6.92 Å². The highest BCUT2D eigenvalue weighted by Crippen LogP contribution is 2.63. The first-order valence-electron chi connectivity index (χ1n) is 9.80. The van der Waals surface area contributed by atoms with E-state index in [4.69, 9.17) is 0 Å². The smallest absolute Gasteiger partial charge is 0.304 e. The molecule has 0 aromatic heterocycles. The van der Waals surface area contributed by atoms with Crippen molar-refractivity contribution >= 4 is 11.6 Å². The molecule has 1 unspecified atom stereocenters. The number of amides is 1. The summed E-state index contributed by atoms with van der Waals surface area (Å²) < 4.78 is 230. The summed E-state index contributed by atoms with van der Waals surface area (Å²) in [6, 6.07) is -0.0407. The molecule has 0 spiro atoms. The maximum atomic E-state index is 14.5. The maximum absolute atomic E-state index is 14.5. The van der Waals surface area contributed by atoms with E-state index in [1.165, 1.54) is 0 Å². The highest BCUT2D eigenvalue weighted by Gasteiger charge is 2.94. The molecule has 0 aliphatic carbocycles. The van der Waals surface area contributed by atoms with Crippen molar-refractivity contribution in [2.24, 2.45) is 0 Å². The van der Waals surface area contributed by atoms with Crippen molar-refractivity contribution < 1.29 is 79.4 Å². The Morgan fingerprint density at radius 1 is 0.789 bits per heavy atom. The fourth-order valence-corrected chi connectivity index (χ4v) is 3.45. The van der Waals surface area contributed by atoms with E-state index >= 15 is 0 Å². The van der Waals surface area contributed by atoms with E-state index in [9.17, 15) is 79.4 Å². The number of rotatable bonds is 8. The second kappa shape index (κ2) is 9.02. The number of nitrogens with zero attached hydrogens (tertiary/aromatic N) is 1. The Morgan fingerprint density at radius 3 is 1.71 bits per heavy atom. The normalized spacial score (nSPS) is 18.6. The lowest BCUT2D eigenvalue weighted by Crippen LogP contribution is -2.75. The van der Waals surface area contributed by atoms with Crippen LogP contribution in [0.4, 0.5) is 80.3 Å². The van der Waals surface area contributed by atoms with Gasteiger partial charge in [-0.25, -0.2) is 13.2 Å². The second-order valence-electron chi connectivity index (χ2n) is 8.21. The monoisotopic (exact) mass is 593 g/mol. The molecular weight excluding hydrogens is 581 g/mol. The van der Waals surface area contributed by atoms with E-state index in [1.54, 1.807) is 0 Å². The van der Waals surface area contributed by atoms with Gasteiger partial charge in [-0.15, -0.1) is 0 Å². The zero-order chi connectivity index (χ0) is 30.1. The summed E-state index contributed by atoms with van der Waals surface area (Å²) in [5.41, 5.74) is -1.18. The summed E-state index contributed by atoms with van der Waals surface area (Å²) in [5, 5.41) is 0. The standard InChI is InChI=1S/C19H12F17NO/c1-7-2-3-8-6-9(20)4-5-10(8)37(7)12(38)14(25,26)16(29,30)18(33,34)19(35,36)17(31,32)15(27,28)13(23,24)11(21)22/h4-7,11H,2-3H2,1H3. The number of fused-ring (bicyclic) bond motifs is 1. The van der Waals surface area contributed by atoms with Crippen molar-refractivity contribution in [1.29, 1.82) is 0 Å². The molecule has 1 aromatic rings. The van der Waals surface area contributed by atoms with E-state index in [-0.39, 0.29) is 12.0 Å². The Morgan fingerprint density at radius 2 is 1.24 bits per heavy atom. The average molecular weight is 593 g/mol. The van der Waals surface area contributed by atoms with Gasteiger partial charge in [0.15, 0.2) is 0 Å². The number of alkyl halides is 16. The predicted molar refractivity (Wildman–Crippen MR) is 92.3 cm³/mol. The molecule has 1 aromatic carbocycles. The van der Waals surface area contributed by atoms with E-state index in [1.807, 2.05) is 0 Å². The van der Waals surface area contributed by atoms with Crippen molar-refractivity contribution in [1.82, 2.24) is 0 Å². The SMILES string of the molecule is CC1CCc2cc(F)ccc2N1C(=O)C(F)(F)C(F)(F)C(F)(F)C(F)(F)C(F)(F)C(F)(F)C(F)(F)C(F)F. The maximum Gasteiger partial charge on any atom is 0.393 e. The van der Waals surface area contributed by atoms with Crippen LogP contribution in [0.3, 0.4) is 0 Å². The summed E-state index contributed by atoms with van der Waals surface area (Å²) in [5.74, 6) is -61.0. The van der Waals surface area contributed by atoms with Crippen molar-refractivity contribution in [3.63, 3.8) is 0 Å². The number of anilines is 1. The van der Waals surface area contributed by atoms with Crippen molar-refractivity contribution in [2.45, 2.75) is 73.7 Å². The highest BCUT2D eigenvalue weighted by molar-refractivity contribution is 6.00. The van der Waals surface area contributed by atoms with Crippen LogP contribution < -0.4 is 4.90 Å². The molecule has 0 bridgehead atoms. The molecule has 1 aliphatic heterocycles. The van der Waals surface area contributed by atoms with Crippen LogP contribution in [0.25, 0.3) is 0 Å². The number of hydrogen-bond acceptors (Lipinski definition) is 1. The molecule has 0 saturated heterocycles. The van der Waals surface area contributed by atoms with Crippen molar-refractivity contribution in [3.8, 4) is 0 Å². The molecule has 0 saturated carbocycles. The van der Waals surface area contributed by atoms with Gasteiger partial charge in [0, 0.05) is 11.7 Å². The lowest BCUT2D eigenvalue weighted by Gasteiger charge is -2.43. The molecule has 1 heterocycles. The summed E-state index contributed by atoms with van der Waals surface area (Å²) >= 11 is 0. The fourth-order valence-electron chi connectivity index (χ4n) is 3.45. The molecule has 0 fully saturated rings. The molecule has 2 nitrogen and oxygen atoms in total. The Balaban J connectivity index is 2.64. The number of carbonyl (C=O) groups excluding carboxylic acids is 1. The van der Waals surface area contributed by atoms with Crippen molar-refractivity contribution in [3.05, 3.63) is 29.6 Å². The zero-order valence-corrected chi connectivity index (χ0v) is 18.1. The topological polar surface area (TPSA) is 20.3 Å². The molecule has 218 valence electrons. The van der Waals surface area contributed by atoms with Crippen LogP contribution in [0.2, 0.25) is 0 Å². The predicted octanol–water partition coefficient (Wildman–Crippen LogP) is 7.21. The third kappa shape index (κ3) is 4.05. The van der Waals surface area contributed by atoms with Gasteiger partial charge in [0.25, 0.3) is 0 Å². The minimum atomic E-state index is -8.59. The molecule has 19 heteroatoms. The minimum absolute atomic E-state index is 0.214. The van der Waals surface area contributed by atoms with Gasteiger partial charge < -0.3 is 4.90 Å². The summed E-state index contributed by atoms with van der Waals surface area (Å²) in [6.07, 6.45) is -6.60. The lowest BCUT2D eigenvalue weighted by molar-refractivity contribution is -0.443. The second-order valence-corrected chi connectivity index (χ2v) is 8.21. The molecule has 0 N–H and O–H groups in total. The van der Waals surface area contributed by atoms with E-state index < -0.39 is 82.7 Å². The quantitative estimate of drug-likeness (QED) is 0.292. The number of halogens is 17. The Hall–Kier alpha value is -2.50. The molecular formula is C19H12F17NO. The summed E-state index contributed by atoms with van der Waals surface area (Å²) in [7, 11) is 0. The van der Waals surface area contributed by atoms with Crippen LogP contribution in [-0.4, -0.2) is 59.8 Å². The Kier molecular flexibility index (Phi) is 7.53. The Bertz CT molecular complexity index is 1070. The minimum Gasteiger partial charge on any atom is -0.304 e. The lowest BCUT2D eigenvalue weighted by atomic mass is 9.88. The third-order valence-electron chi connectivity index (χ3n) is 5.73. The van der Waals surface area contributed by atoms with Crippen LogP contribution in [0, 0.1) is 5.82 Å². The number of hydrogen-bond donors (Lipinski definition) is 0. The van der Waals surface area contributed by atoms with Gasteiger partial charge in [-0.3, -0.25) is 4.79 Å². The van der Waals surface area contributed by atoms with Crippen molar-refractivity contribution in [2.75, 3.05) is 4.90 Å². The molecule has 1 amide bonds. The van der Waals surface area contributed by atoms with Gasteiger partial charge in [-0.05, 0) is 43.5 Å². The fraction of sp³-hybridized carbons (Fsp3) is 0.632. The van der Waals surface area contributed by atoms with Gasteiger partial charge in [-0.1, -0.05) is 0 Å². The molecule has 38 heavy (non-hydrogen) atoms. The molecule has 1 atom stereocenters. The molecule has 2 rings (SSSR count). The summed E-state index contributed by atoms with van der Waals surface area (Å²) in [6.45, 7) is 0.840. The molecule has 0 radical (unpaired) electrons. The van der Waals surface area contributed by atoms with Crippen LogP contribution >= 0.6 is 0 Å². The van der Waals surface area contributed by atoms with Gasteiger partial charge >= 0.3 is 53.8 Å². The zero-order valence-electron chi connectivity index (χ0n) is 18.1. The molecule has 1 aliphatic rings. The van der Waals surface area contributed by atoms with Gasteiger partial charge in [0.05, 0.1) is 0 Å². The van der Waals surface area contributed by atoms with Gasteiger partial charge in [0.1, 0.15) is 5.82 Å². The van der Waals surface area contributed by atoms with Crippen LogP contribution in [0.15, 0.2) is 18.2 Å². The first-order valence-corrected chi connectivity index (χ1v) is 9.80. The van der Waals surface area contributed by atoms with Gasteiger partial charge in [0.2, 0.25) is 0 Å². The summed E-state index contributed by atoms with van der Waals surface area (Å²) in [4.78, 5) is 11.9. The first-order chi connectivity index (χ1) is 16.7. The van der Waals surface area contributed by atoms with Crippen LogP contribution in [-0.2, 0) is 11.2 Å². The van der Waals surface area contributed by atoms with E-state index in [2.05, 4.69) is 0 Å². The average Bonchev–Trinajstić information content (AvgIpc) is 2.77. The third-order valence-corrected chi connectivity index (χ3v) is 5.73. The number of aryl methyl sites for hydroxylation is 1.